The average molecular weight is 457 g/mol. The molecule has 0 aliphatic heterocycles. The van der Waals surface area contributed by atoms with Gasteiger partial charge in [0.2, 0.25) is 5.75 Å². The van der Waals surface area contributed by atoms with Crippen molar-refractivity contribution >= 4 is 40.9 Å². The third-order valence-electron chi connectivity index (χ3n) is 4.40. The lowest BCUT2D eigenvalue weighted by molar-refractivity contribution is -0.132. The van der Waals surface area contributed by atoms with Crippen molar-refractivity contribution in [1.82, 2.24) is 15.0 Å². The SMILES string of the molecule is CCn1c(SCC(=O)N/N=C/c2cc(OC)c(OC(C)=O)c(OC)c2)nc2ccccc21. The maximum atomic E-state index is 12.3. The highest BCUT2D eigenvalue weighted by Crippen LogP contribution is 2.38. The zero-order valence-corrected chi connectivity index (χ0v) is 19.1. The predicted octanol–water partition coefficient (Wildman–Crippen LogP) is 3.24. The van der Waals surface area contributed by atoms with Crippen LogP contribution >= 0.6 is 11.8 Å². The number of benzene rings is 2. The van der Waals surface area contributed by atoms with Gasteiger partial charge in [0.05, 0.1) is 37.2 Å². The number of amides is 1. The van der Waals surface area contributed by atoms with Gasteiger partial charge in [0.25, 0.3) is 5.91 Å². The summed E-state index contributed by atoms with van der Waals surface area (Å²) in [4.78, 5) is 28.2. The second-order valence-corrected chi connectivity index (χ2v) is 7.50. The number of ether oxygens (including phenoxy) is 3. The quantitative estimate of drug-likeness (QED) is 0.173. The second kappa shape index (κ2) is 10.7. The molecule has 0 saturated heterocycles. The summed E-state index contributed by atoms with van der Waals surface area (Å²) in [6.45, 7) is 4.09. The number of nitrogens with one attached hydrogen (secondary N) is 1. The lowest BCUT2D eigenvalue weighted by Gasteiger charge is -2.13. The van der Waals surface area contributed by atoms with Crippen molar-refractivity contribution in [1.29, 1.82) is 0 Å². The van der Waals surface area contributed by atoms with Gasteiger partial charge in [-0.1, -0.05) is 23.9 Å². The van der Waals surface area contributed by atoms with Crippen LogP contribution in [0.15, 0.2) is 46.7 Å². The van der Waals surface area contributed by atoms with E-state index in [0.29, 0.717) is 17.1 Å². The van der Waals surface area contributed by atoms with E-state index >= 15 is 0 Å². The molecule has 0 spiro atoms. The summed E-state index contributed by atoms with van der Waals surface area (Å²) in [6, 6.07) is 11.1. The monoisotopic (exact) mass is 456 g/mol. The van der Waals surface area contributed by atoms with Crippen molar-refractivity contribution in [2.24, 2.45) is 5.10 Å². The number of aromatic nitrogens is 2. The molecule has 0 saturated carbocycles. The molecule has 1 N–H and O–H groups in total. The number of hydrogen-bond acceptors (Lipinski definition) is 8. The summed E-state index contributed by atoms with van der Waals surface area (Å²) >= 11 is 1.35. The summed E-state index contributed by atoms with van der Waals surface area (Å²) in [5.74, 6) is 0.195. The number of carbonyl (C=O) groups is 2. The Bertz CT molecular complexity index is 1130. The minimum absolute atomic E-state index is 0.165. The van der Waals surface area contributed by atoms with Crippen LogP contribution in [-0.2, 0) is 16.1 Å². The van der Waals surface area contributed by atoms with E-state index < -0.39 is 5.97 Å². The molecule has 0 aliphatic rings. The van der Waals surface area contributed by atoms with Crippen LogP contribution in [0.2, 0.25) is 0 Å². The summed E-state index contributed by atoms with van der Waals surface area (Å²) < 4.78 is 17.8. The van der Waals surface area contributed by atoms with Gasteiger partial charge in [0, 0.05) is 19.0 Å². The Labute approximate surface area is 189 Å². The molecule has 0 unspecified atom stereocenters. The van der Waals surface area contributed by atoms with Crippen LogP contribution in [0.1, 0.15) is 19.4 Å². The van der Waals surface area contributed by atoms with Gasteiger partial charge < -0.3 is 18.8 Å². The lowest BCUT2D eigenvalue weighted by Crippen LogP contribution is -2.20. The number of hydrogen-bond donors (Lipinski definition) is 1. The number of aryl methyl sites for hydroxylation is 1. The highest BCUT2D eigenvalue weighted by molar-refractivity contribution is 7.99. The molecule has 9 nitrogen and oxygen atoms in total. The predicted molar refractivity (Wildman–Crippen MR) is 123 cm³/mol. The zero-order chi connectivity index (χ0) is 23.1. The highest BCUT2D eigenvalue weighted by Gasteiger charge is 2.16. The highest BCUT2D eigenvalue weighted by atomic mass is 32.2. The number of rotatable bonds is 9. The largest absolute Gasteiger partial charge is 0.493 e. The van der Waals surface area contributed by atoms with E-state index in [0.717, 1.165) is 22.7 Å². The molecular formula is C22H24N4O5S. The molecule has 0 bridgehead atoms. The lowest BCUT2D eigenvalue weighted by atomic mass is 10.2. The fourth-order valence-corrected chi connectivity index (χ4v) is 3.90. The maximum Gasteiger partial charge on any atom is 0.308 e. The van der Waals surface area contributed by atoms with Gasteiger partial charge in [-0.25, -0.2) is 10.4 Å². The van der Waals surface area contributed by atoms with E-state index in [2.05, 4.69) is 20.1 Å². The number of nitrogens with zero attached hydrogens (tertiary/aromatic N) is 3. The van der Waals surface area contributed by atoms with Crippen molar-refractivity contribution < 1.29 is 23.8 Å². The zero-order valence-electron chi connectivity index (χ0n) is 18.2. The minimum Gasteiger partial charge on any atom is -0.493 e. The molecule has 32 heavy (non-hydrogen) atoms. The fourth-order valence-electron chi connectivity index (χ4n) is 3.03. The topological polar surface area (TPSA) is 104 Å². The van der Waals surface area contributed by atoms with Crippen molar-refractivity contribution in [3.05, 3.63) is 42.0 Å². The van der Waals surface area contributed by atoms with E-state index in [1.54, 1.807) is 12.1 Å². The first-order chi connectivity index (χ1) is 15.5. The van der Waals surface area contributed by atoms with E-state index in [9.17, 15) is 9.59 Å². The fraction of sp³-hybridized carbons (Fsp3) is 0.273. The maximum absolute atomic E-state index is 12.3. The summed E-state index contributed by atoms with van der Waals surface area (Å²) in [6.07, 6.45) is 1.45. The molecular weight excluding hydrogens is 432 g/mol. The summed E-state index contributed by atoms with van der Waals surface area (Å²) in [5, 5.41) is 4.78. The Morgan fingerprint density at radius 2 is 1.88 bits per heavy atom. The molecule has 3 rings (SSSR count). The van der Waals surface area contributed by atoms with Crippen LogP contribution in [0.4, 0.5) is 0 Å². The number of thioether (sulfide) groups is 1. The molecule has 0 atom stereocenters. The first-order valence-electron chi connectivity index (χ1n) is 9.81. The average Bonchev–Trinajstić information content (AvgIpc) is 3.15. The van der Waals surface area contributed by atoms with Gasteiger partial charge in [0.15, 0.2) is 16.7 Å². The Hall–Kier alpha value is -3.53. The minimum atomic E-state index is -0.496. The molecule has 2 aromatic carbocycles. The van der Waals surface area contributed by atoms with Crippen LogP contribution in [0.25, 0.3) is 11.0 Å². The summed E-state index contributed by atoms with van der Waals surface area (Å²) in [7, 11) is 2.90. The van der Waals surface area contributed by atoms with Crippen molar-refractivity contribution in [3.8, 4) is 17.2 Å². The molecule has 10 heteroatoms. The van der Waals surface area contributed by atoms with E-state index in [-0.39, 0.29) is 17.4 Å². The van der Waals surface area contributed by atoms with Gasteiger partial charge in [-0.3, -0.25) is 9.59 Å². The second-order valence-electron chi connectivity index (χ2n) is 6.56. The van der Waals surface area contributed by atoms with Gasteiger partial charge in [-0.2, -0.15) is 5.10 Å². The van der Waals surface area contributed by atoms with Crippen LogP contribution in [-0.4, -0.2) is 47.6 Å². The number of fused-ring (bicyclic) bond motifs is 1. The number of methoxy groups -OCH3 is 2. The van der Waals surface area contributed by atoms with E-state index in [4.69, 9.17) is 14.2 Å². The van der Waals surface area contributed by atoms with E-state index in [1.165, 1.54) is 39.1 Å². The van der Waals surface area contributed by atoms with Gasteiger partial charge in [-0.15, -0.1) is 0 Å². The molecule has 1 aromatic heterocycles. The smallest absolute Gasteiger partial charge is 0.308 e. The number of hydrazone groups is 1. The third-order valence-corrected chi connectivity index (χ3v) is 5.38. The van der Waals surface area contributed by atoms with Crippen molar-refractivity contribution in [2.75, 3.05) is 20.0 Å². The molecule has 0 radical (unpaired) electrons. The molecule has 1 amide bonds. The standard InChI is InChI=1S/C22H24N4O5S/c1-5-26-17-9-7-6-8-16(17)24-22(26)32-13-20(28)25-23-12-15-10-18(29-3)21(31-14(2)27)19(11-15)30-4/h6-12H,5,13H2,1-4H3,(H,25,28)/b23-12+. The van der Waals surface area contributed by atoms with Gasteiger partial charge in [0.1, 0.15) is 0 Å². The Morgan fingerprint density at radius 3 is 2.50 bits per heavy atom. The molecule has 1 heterocycles. The van der Waals surface area contributed by atoms with Crippen LogP contribution < -0.4 is 19.6 Å². The summed E-state index contributed by atoms with van der Waals surface area (Å²) in [5.41, 5.74) is 5.03. The van der Waals surface area contributed by atoms with Gasteiger partial charge >= 0.3 is 5.97 Å². The van der Waals surface area contributed by atoms with Crippen molar-refractivity contribution in [3.63, 3.8) is 0 Å². The Kier molecular flexibility index (Phi) is 7.72. The Balaban J connectivity index is 1.65. The third kappa shape index (κ3) is 5.38. The number of carbonyl (C=O) groups excluding carboxylic acids is 2. The normalized spacial score (nSPS) is 11.0. The number of esters is 1. The Morgan fingerprint density at radius 1 is 1.19 bits per heavy atom. The van der Waals surface area contributed by atoms with Crippen LogP contribution in [0, 0.1) is 0 Å². The molecule has 0 fully saturated rings. The molecule has 168 valence electrons. The first kappa shape index (κ1) is 23.1. The first-order valence-corrected chi connectivity index (χ1v) is 10.8. The van der Waals surface area contributed by atoms with Crippen LogP contribution in [0.3, 0.4) is 0 Å². The van der Waals surface area contributed by atoms with E-state index in [1.807, 2.05) is 31.2 Å². The molecule has 0 aliphatic carbocycles. The van der Waals surface area contributed by atoms with Crippen LogP contribution in [0.5, 0.6) is 17.2 Å². The molecule has 3 aromatic rings. The van der Waals surface area contributed by atoms with Gasteiger partial charge in [-0.05, 0) is 31.2 Å². The van der Waals surface area contributed by atoms with Crippen molar-refractivity contribution in [2.45, 2.75) is 25.5 Å². The number of para-hydroxylation sites is 2. The number of imidazole rings is 1.